The maximum atomic E-state index is 12.4. The zero-order valence-electron chi connectivity index (χ0n) is 17.9. The molecule has 1 fully saturated rings. The van der Waals surface area contributed by atoms with Gasteiger partial charge < -0.3 is 24.8 Å². The Morgan fingerprint density at radius 1 is 1.10 bits per heavy atom. The monoisotopic (exact) mass is 429 g/mol. The van der Waals surface area contributed by atoms with Crippen LogP contribution in [0, 0.1) is 13.8 Å². The number of carbonyl (C=O) groups excluding carboxylic acids is 3. The summed E-state index contributed by atoms with van der Waals surface area (Å²) in [5.41, 5.74) is 2.20. The van der Waals surface area contributed by atoms with Crippen LogP contribution in [0.5, 0.6) is 5.75 Å². The highest BCUT2D eigenvalue weighted by Crippen LogP contribution is 2.24. The Bertz CT molecular complexity index is 949. The van der Waals surface area contributed by atoms with Gasteiger partial charge in [0.2, 0.25) is 17.6 Å². The highest BCUT2D eigenvalue weighted by atomic mass is 16.5. The van der Waals surface area contributed by atoms with Gasteiger partial charge in [-0.1, -0.05) is 11.2 Å². The molecule has 2 heterocycles. The lowest BCUT2D eigenvalue weighted by molar-refractivity contribution is -0.125. The summed E-state index contributed by atoms with van der Waals surface area (Å²) in [6.07, 6.45) is 0. The lowest BCUT2D eigenvalue weighted by Crippen LogP contribution is -2.51. The molecule has 3 amide bonds. The van der Waals surface area contributed by atoms with E-state index in [1.807, 2.05) is 17.9 Å². The Morgan fingerprint density at radius 3 is 2.48 bits per heavy atom. The lowest BCUT2D eigenvalue weighted by atomic mass is 10.2. The molecule has 0 saturated carbocycles. The number of rotatable bonds is 7. The minimum atomic E-state index is -0.338. The number of anilines is 1. The molecule has 0 atom stereocenters. The van der Waals surface area contributed by atoms with E-state index in [0.717, 1.165) is 5.56 Å². The third kappa shape index (κ3) is 6.05. The van der Waals surface area contributed by atoms with E-state index in [1.54, 1.807) is 30.0 Å². The molecule has 1 aromatic carbocycles. The number of nitrogens with one attached hydrogen (secondary N) is 2. The van der Waals surface area contributed by atoms with Crippen molar-refractivity contribution in [2.45, 2.75) is 13.8 Å². The zero-order chi connectivity index (χ0) is 22.4. The highest BCUT2D eigenvalue weighted by molar-refractivity contribution is 5.96. The first-order valence-corrected chi connectivity index (χ1v) is 10.0. The van der Waals surface area contributed by atoms with Gasteiger partial charge in [0.1, 0.15) is 5.75 Å². The number of hydrogen-bond acceptors (Lipinski definition) is 7. The van der Waals surface area contributed by atoms with E-state index in [4.69, 9.17) is 9.26 Å². The molecule has 1 saturated heterocycles. The molecule has 0 aliphatic carbocycles. The Morgan fingerprint density at radius 2 is 1.84 bits per heavy atom. The molecule has 3 rings (SSSR count). The average molecular weight is 429 g/mol. The molecular weight excluding hydrogens is 402 g/mol. The second kappa shape index (κ2) is 10.1. The molecular formula is C21H27N5O5. The van der Waals surface area contributed by atoms with Crippen LogP contribution >= 0.6 is 0 Å². The summed E-state index contributed by atoms with van der Waals surface area (Å²) in [5, 5.41) is 9.11. The molecule has 166 valence electrons. The highest BCUT2D eigenvalue weighted by Gasteiger charge is 2.25. The minimum absolute atomic E-state index is 0.140. The molecule has 1 aliphatic heterocycles. The first kappa shape index (κ1) is 22.3. The van der Waals surface area contributed by atoms with Gasteiger partial charge >= 0.3 is 0 Å². The number of benzene rings is 1. The molecule has 1 aromatic heterocycles. The summed E-state index contributed by atoms with van der Waals surface area (Å²) in [4.78, 5) is 40.4. The van der Waals surface area contributed by atoms with Gasteiger partial charge in [-0.2, -0.15) is 0 Å². The first-order valence-electron chi connectivity index (χ1n) is 10.0. The van der Waals surface area contributed by atoms with E-state index < -0.39 is 0 Å². The maximum Gasteiger partial charge on any atom is 0.292 e. The second-order valence-electron chi connectivity index (χ2n) is 7.43. The van der Waals surface area contributed by atoms with Gasteiger partial charge in [-0.25, -0.2) is 0 Å². The van der Waals surface area contributed by atoms with Gasteiger partial charge in [0.05, 0.1) is 31.6 Å². The number of amides is 3. The van der Waals surface area contributed by atoms with Crippen molar-refractivity contribution in [2.24, 2.45) is 0 Å². The Labute approximate surface area is 180 Å². The summed E-state index contributed by atoms with van der Waals surface area (Å²) in [6, 6.07) is 7.08. The largest absolute Gasteiger partial charge is 0.495 e. The third-order valence-corrected chi connectivity index (χ3v) is 4.94. The summed E-state index contributed by atoms with van der Waals surface area (Å²) in [5.74, 6) is -0.0157. The van der Waals surface area contributed by atoms with Crippen LogP contribution < -0.4 is 15.4 Å². The van der Waals surface area contributed by atoms with Crippen LogP contribution in [0.2, 0.25) is 0 Å². The molecule has 31 heavy (non-hydrogen) atoms. The van der Waals surface area contributed by atoms with E-state index in [2.05, 4.69) is 15.8 Å². The number of nitrogens with zero attached hydrogens (tertiary/aromatic N) is 3. The average Bonchev–Trinajstić information content (AvgIpc) is 3.19. The fraction of sp³-hybridized carbons (Fsp3) is 0.429. The molecule has 2 aromatic rings. The van der Waals surface area contributed by atoms with Gasteiger partial charge in [0.25, 0.3) is 5.91 Å². The molecule has 0 bridgehead atoms. The summed E-state index contributed by atoms with van der Waals surface area (Å²) >= 11 is 0. The van der Waals surface area contributed by atoms with Gasteiger partial charge in [-0.3, -0.25) is 19.3 Å². The van der Waals surface area contributed by atoms with Gasteiger partial charge in [0.15, 0.2) is 0 Å². The number of hydrogen-bond donors (Lipinski definition) is 2. The number of methoxy groups -OCH3 is 1. The number of ether oxygens (including phenoxy) is 1. The molecule has 0 spiro atoms. The fourth-order valence-corrected chi connectivity index (χ4v) is 3.28. The van der Waals surface area contributed by atoms with Crippen molar-refractivity contribution < 1.29 is 23.6 Å². The van der Waals surface area contributed by atoms with Crippen LogP contribution in [0.1, 0.15) is 21.8 Å². The molecule has 0 unspecified atom stereocenters. The first-order chi connectivity index (χ1) is 14.9. The summed E-state index contributed by atoms with van der Waals surface area (Å²) in [6.45, 7) is 5.77. The van der Waals surface area contributed by atoms with E-state index in [0.29, 0.717) is 43.3 Å². The Balaban J connectivity index is 1.40. The van der Waals surface area contributed by atoms with Crippen LogP contribution in [-0.4, -0.2) is 79.1 Å². The second-order valence-corrected chi connectivity index (χ2v) is 7.43. The smallest absolute Gasteiger partial charge is 0.292 e. The Kier molecular flexibility index (Phi) is 7.24. The van der Waals surface area contributed by atoms with Gasteiger partial charge in [-0.15, -0.1) is 0 Å². The molecule has 10 heteroatoms. The zero-order valence-corrected chi connectivity index (χ0v) is 17.9. The van der Waals surface area contributed by atoms with Crippen LogP contribution in [-0.2, 0) is 9.59 Å². The maximum absolute atomic E-state index is 12.4. The fourth-order valence-electron chi connectivity index (χ4n) is 3.28. The predicted octanol–water partition coefficient (Wildman–Crippen LogP) is 0.813. The SMILES string of the molecule is COc1ccc(C)cc1NC(=O)CNC(=O)CN1CCN(C(=O)c2cc(C)no2)CC1. The van der Waals surface area contributed by atoms with Crippen LogP contribution in [0.15, 0.2) is 28.8 Å². The van der Waals surface area contributed by atoms with Crippen molar-refractivity contribution in [1.29, 1.82) is 0 Å². The number of carbonyl (C=O) groups is 3. The quantitative estimate of drug-likeness (QED) is 0.669. The standard InChI is InChI=1S/C21H27N5O5/c1-14-4-5-17(30-3)16(10-14)23-19(27)12-22-20(28)13-25-6-8-26(9-7-25)21(29)18-11-15(2)24-31-18/h4-5,10-11H,6-9,12-13H2,1-3H3,(H,22,28)(H,23,27). The molecule has 1 aliphatic rings. The van der Waals surface area contributed by atoms with E-state index in [-0.39, 0.29) is 36.6 Å². The van der Waals surface area contributed by atoms with E-state index in [9.17, 15) is 14.4 Å². The van der Waals surface area contributed by atoms with Crippen molar-refractivity contribution in [3.63, 3.8) is 0 Å². The topological polar surface area (TPSA) is 117 Å². The lowest BCUT2D eigenvalue weighted by Gasteiger charge is -2.33. The molecule has 0 radical (unpaired) electrons. The van der Waals surface area contributed by atoms with E-state index >= 15 is 0 Å². The third-order valence-electron chi connectivity index (χ3n) is 4.94. The number of aryl methyl sites for hydroxylation is 2. The van der Waals surface area contributed by atoms with Crippen molar-refractivity contribution in [1.82, 2.24) is 20.3 Å². The van der Waals surface area contributed by atoms with Crippen molar-refractivity contribution in [3.05, 3.63) is 41.3 Å². The minimum Gasteiger partial charge on any atom is -0.495 e. The van der Waals surface area contributed by atoms with Crippen molar-refractivity contribution in [2.75, 3.05) is 51.7 Å². The normalized spacial score (nSPS) is 14.2. The van der Waals surface area contributed by atoms with E-state index in [1.165, 1.54) is 7.11 Å². The molecule has 10 nitrogen and oxygen atoms in total. The number of piperazine rings is 1. The van der Waals surface area contributed by atoms with Crippen molar-refractivity contribution in [3.8, 4) is 5.75 Å². The van der Waals surface area contributed by atoms with Crippen LogP contribution in [0.3, 0.4) is 0 Å². The predicted molar refractivity (Wildman–Crippen MR) is 113 cm³/mol. The molecule has 2 N–H and O–H groups in total. The van der Waals surface area contributed by atoms with Gasteiger partial charge in [0, 0.05) is 32.2 Å². The van der Waals surface area contributed by atoms with Crippen LogP contribution in [0.25, 0.3) is 0 Å². The van der Waals surface area contributed by atoms with Crippen molar-refractivity contribution >= 4 is 23.4 Å². The Hall–Kier alpha value is -3.40. The van der Waals surface area contributed by atoms with Gasteiger partial charge in [-0.05, 0) is 31.5 Å². The summed E-state index contributed by atoms with van der Waals surface area (Å²) in [7, 11) is 1.53. The van der Waals surface area contributed by atoms with Crippen LogP contribution in [0.4, 0.5) is 5.69 Å². The number of aromatic nitrogens is 1. The summed E-state index contributed by atoms with van der Waals surface area (Å²) < 4.78 is 10.3.